The first-order chi connectivity index (χ1) is 7.81. The largest absolute Gasteiger partial charge is 0.346 e. The van der Waals surface area contributed by atoms with Crippen LogP contribution in [0.5, 0.6) is 0 Å². The quantitative estimate of drug-likeness (QED) is 0.827. The van der Waals surface area contributed by atoms with Gasteiger partial charge in [-0.3, -0.25) is 0 Å². The number of hydrogen-bond acceptors (Lipinski definition) is 1. The molecular formula is C14H18N2. The molecule has 0 radical (unpaired) electrons. The number of nitrogens with zero attached hydrogens (tertiary/aromatic N) is 1. The van der Waals surface area contributed by atoms with Gasteiger partial charge in [0.25, 0.3) is 0 Å². The van der Waals surface area contributed by atoms with Gasteiger partial charge in [0.15, 0.2) is 0 Å². The van der Waals surface area contributed by atoms with E-state index in [2.05, 4.69) is 59.4 Å². The van der Waals surface area contributed by atoms with Gasteiger partial charge in [-0.2, -0.15) is 0 Å². The molecule has 1 N–H and O–H groups in total. The van der Waals surface area contributed by atoms with Gasteiger partial charge in [-0.1, -0.05) is 24.3 Å². The molecular weight excluding hydrogens is 196 g/mol. The summed E-state index contributed by atoms with van der Waals surface area (Å²) in [5.74, 6) is 0. The van der Waals surface area contributed by atoms with Crippen LogP contribution in [0.25, 0.3) is 0 Å². The van der Waals surface area contributed by atoms with Crippen molar-refractivity contribution in [1.82, 2.24) is 9.88 Å². The van der Waals surface area contributed by atoms with Crippen molar-refractivity contribution in [2.45, 2.75) is 20.0 Å². The Morgan fingerprint density at radius 2 is 1.94 bits per heavy atom. The van der Waals surface area contributed by atoms with Crippen LogP contribution in [0.3, 0.4) is 0 Å². The van der Waals surface area contributed by atoms with Crippen LogP contribution in [-0.2, 0) is 13.1 Å². The van der Waals surface area contributed by atoms with Crippen molar-refractivity contribution in [3.63, 3.8) is 0 Å². The molecule has 1 aromatic heterocycles. The molecule has 0 aliphatic heterocycles. The number of aryl methyl sites for hydroxylation is 1. The number of hydrogen-bond donors (Lipinski definition) is 1. The molecule has 1 aromatic carbocycles. The zero-order chi connectivity index (χ0) is 11.4. The minimum absolute atomic E-state index is 0.916. The first-order valence-electron chi connectivity index (χ1n) is 5.64. The maximum atomic E-state index is 3.19. The highest BCUT2D eigenvalue weighted by atomic mass is 15.0. The van der Waals surface area contributed by atoms with E-state index in [0.29, 0.717) is 0 Å². The van der Waals surface area contributed by atoms with E-state index in [1.165, 1.54) is 16.8 Å². The Labute approximate surface area is 96.9 Å². The van der Waals surface area contributed by atoms with Gasteiger partial charge in [0.1, 0.15) is 0 Å². The van der Waals surface area contributed by atoms with Crippen LogP contribution in [0, 0.1) is 6.92 Å². The first kappa shape index (κ1) is 11.0. The van der Waals surface area contributed by atoms with Crippen molar-refractivity contribution in [2.75, 3.05) is 7.05 Å². The fourth-order valence-corrected chi connectivity index (χ4v) is 1.92. The van der Waals surface area contributed by atoms with E-state index in [1.807, 2.05) is 7.05 Å². The maximum absolute atomic E-state index is 3.19. The predicted molar refractivity (Wildman–Crippen MR) is 67.5 cm³/mol. The summed E-state index contributed by atoms with van der Waals surface area (Å²) in [5, 5.41) is 3.19. The smallest absolute Gasteiger partial charge is 0.0476 e. The van der Waals surface area contributed by atoms with Crippen molar-refractivity contribution < 1.29 is 0 Å². The van der Waals surface area contributed by atoms with Crippen LogP contribution in [-0.4, -0.2) is 11.6 Å². The molecule has 0 fully saturated rings. The molecule has 0 aliphatic carbocycles. The van der Waals surface area contributed by atoms with E-state index in [0.717, 1.165) is 13.1 Å². The molecule has 2 aromatic rings. The highest BCUT2D eigenvalue weighted by Gasteiger charge is 2.02. The first-order valence-corrected chi connectivity index (χ1v) is 5.64. The lowest BCUT2D eigenvalue weighted by molar-refractivity contribution is 0.692. The third-order valence-electron chi connectivity index (χ3n) is 2.88. The standard InChI is InChI=1S/C14H18N2/c1-12-6-3-4-7-13(12)11-16-9-5-8-14(16)10-15-2/h3-9,15H,10-11H2,1-2H3. The highest BCUT2D eigenvalue weighted by molar-refractivity contribution is 5.26. The summed E-state index contributed by atoms with van der Waals surface area (Å²) in [7, 11) is 1.98. The van der Waals surface area contributed by atoms with Crippen LogP contribution in [0.4, 0.5) is 0 Å². The van der Waals surface area contributed by atoms with Gasteiger partial charge in [-0.25, -0.2) is 0 Å². The molecule has 16 heavy (non-hydrogen) atoms. The summed E-state index contributed by atoms with van der Waals surface area (Å²) >= 11 is 0. The summed E-state index contributed by atoms with van der Waals surface area (Å²) in [6.45, 7) is 4.03. The molecule has 0 bridgehead atoms. The predicted octanol–water partition coefficient (Wildman–Crippen LogP) is 2.56. The van der Waals surface area contributed by atoms with Gasteiger partial charge in [0, 0.05) is 25.0 Å². The van der Waals surface area contributed by atoms with Crippen LogP contribution in [0.1, 0.15) is 16.8 Å². The summed E-state index contributed by atoms with van der Waals surface area (Å²) < 4.78 is 2.29. The second kappa shape index (κ2) is 4.99. The average molecular weight is 214 g/mol. The second-order valence-corrected chi connectivity index (χ2v) is 4.08. The Balaban J connectivity index is 2.20. The fourth-order valence-electron chi connectivity index (χ4n) is 1.92. The van der Waals surface area contributed by atoms with Crippen molar-refractivity contribution in [3.05, 3.63) is 59.4 Å². The summed E-state index contributed by atoms with van der Waals surface area (Å²) in [5.41, 5.74) is 4.06. The van der Waals surface area contributed by atoms with Gasteiger partial charge in [0.05, 0.1) is 0 Å². The molecule has 2 nitrogen and oxygen atoms in total. The Hall–Kier alpha value is -1.54. The van der Waals surface area contributed by atoms with Gasteiger partial charge in [0.2, 0.25) is 0 Å². The van der Waals surface area contributed by atoms with Gasteiger partial charge in [-0.05, 0) is 37.2 Å². The number of nitrogens with one attached hydrogen (secondary N) is 1. The van der Waals surface area contributed by atoms with Crippen molar-refractivity contribution in [2.24, 2.45) is 0 Å². The summed E-state index contributed by atoms with van der Waals surface area (Å²) in [6, 6.07) is 12.8. The van der Waals surface area contributed by atoms with Crippen molar-refractivity contribution >= 4 is 0 Å². The van der Waals surface area contributed by atoms with Crippen LogP contribution in [0.2, 0.25) is 0 Å². The van der Waals surface area contributed by atoms with Crippen LogP contribution in [0.15, 0.2) is 42.6 Å². The molecule has 0 atom stereocenters. The molecule has 0 saturated carbocycles. The lowest BCUT2D eigenvalue weighted by Crippen LogP contribution is -2.11. The molecule has 0 saturated heterocycles. The second-order valence-electron chi connectivity index (χ2n) is 4.08. The minimum atomic E-state index is 0.916. The molecule has 2 heteroatoms. The summed E-state index contributed by atoms with van der Waals surface area (Å²) in [6.07, 6.45) is 2.14. The van der Waals surface area contributed by atoms with Gasteiger partial charge < -0.3 is 9.88 Å². The third-order valence-corrected chi connectivity index (χ3v) is 2.88. The monoisotopic (exact) mass is 214 g/mol. The van der Waals surface area contributed by atoms with Crippen LogP contribution >= 0.6 is 0 Å². The molecule has 0 amide bonds. The highest BCUT2D eigenvalue weighted by Crippen LogP contribution is 2.11. The number of aromatic nitrogens is 1. The van der Waals surface area contributed by atoms with Gasteiger partial charge >= 0.3 is 0 Å². The lowest BCUT2D eigenvalue weighted by atomic mass is 10.1. The molecule has 0 spiro atoms. The zero-order valence-corrected chi connectivity index (χ0v) is 9.90. The van der Waals surface area contributed by atoms with E-state index >= 15 is 0 Å². The third kappa shape index (κ3) is 2.34. The lowest BCUT2D eigenvalue weighted by Gasteiger charge is -2.11. The fraction of sp³-hybridized carbons (Fsp3) is 0.286. The van der Waals surface area contributed by atoms with Crippen LogP contribution < -0.4 is 5.32 Å². The molecule has 84 valence electrons. The maximum Gasteiger partial charge on any atom is 0.0476 e. The SMILES string of the molecule is CNCc1cccn1Cc1ccccc1C. The summed E-state index contributed by atoms with van der Waals surface area (Å²) in [4.78, 5) is 0. The molecule has 1 heterocycles. The normalized spacial score (nSPS) is 10.6. The Kier molecular flexibility index (Phi) is 3.42. The van der Waals surface area contributed by atoms with E-state index < -0.39 is 0 Å². The average Bonchev–Trinajstić information content (AvgIpc) is 2.70. The van der Waals surface area contributed by atoms with E-state index in [-0.39, 0.29) is 0 Å². The Morgan fingerprint density at radius 3 is 2.69 bits per heavy atom. The number of rotatable bonds is 4. The number of benzene rings is 1. The Bertz CT molecular complexity index is 457. The topological polar surface area (TPSA) is 17.0 Å². The van der Waals surface area contributed by atoms with Gasteiger partial charge in [-0.15, -0.1) is 0 Å². The van der Waals surface area contributed by atoms with Crippen molar-refractivity contribution in [3.8, 4) is 0 Å². The van der Waals surface area contributed by atoms with E-state index in [1.54, 1.807) is 0 Å². The Morgan fingerprint density at radius 1 is 1.12 bits per heavy atom. The molecule has 0 unspecified atom stereocenters. The molecule has 0 aliphatic rings. The van der Waals surface area contributed by atoms with Crippen molar-refractivity contribution in [1.29, 1.82) is 0 Å². The minimum Gasteiger partial charge on any atom is -0.346 e. The van der Waals surface area contributed by atoms with E-state index in [9.17, 15) is 0 Å². The zero-order valence-electron chi connectivity index (χ0n) is 9.90. The molecule has 2 rings (SSSR count). The van der Waals surface area contributed by atoms with E-state index in [4.69, 9.17) is 0 Å².